The SMILES string of the molecule is CCCN(C)c1ccc(CNC(C)C)nn1. The second-order valence-electron chi connectivity index (χ2n) is 4.34. The van der Waals surface area contributed by atoms with Crippen molar-refractivity contribution < 1.29 is 0 Å². The first kappa shape index (κ1) is 12.9. The minimum Gasteiger partial charge on any atom is -0.358 e. The molecule has 0 aliphatic carbocycles. The first-order chi connectivity index (χ1) is 7.63. The maximum absolute atomic E-state index is 4.21. The van der Waals surface area contributed by atoms with Crippen LogP contribution in [-0.4, -0.2) is 29.8 Å². The van der Waals surface area contributed by atoms with Gasteiger partial charge in [-0.25, -0.2) is 0 Å². The molecule has 0 saturated heterocycles. The van der Waals surface area contributed by atoms with Crippen molar-refractivity contribution in [2.75, 3.05) is 18.5 Å². The zero-order chi connectivity index (χ0) is 12.0. The summed E-state index contributed by atoms with van der Waals surface area (Å²) in [6, 6.07) is 4.54. The van der Waals surface area contributed by atoms with E-state index in [0.29, 0.717) is 6.04 Å². The quantitative estimate of drug-likeness (QED) is 0.797. The van der Waals surface area contributed by atoms with Gasteiger partial charge < -0.3 is 10.2 Å². The van der Waals surface area contributed by atoms with Gasteiger partial charge in [0.25, 0.3) is 0 Å². The summed E-state index contributed by atoms with van der Waals surface area (Å²) in [4.78, 5) is 2.12. The largest absolute Gasteiger partial charge is 0.358 e. The van der Waals surface area contributed by atoms with Gasteiger partial charge in [0.05, 0.1) is 5.69 Å². The summed E-state index contributed by atoms with van der Waals surface area (Å²) < 4.78 is 0. The molecular weight excluding hydrogens is 200 g/mol. The fourth-order valence-corrected chi connectivity index (χ4v) is 1.41. The summed E-state index contributed by atoms with van der Waals surface area (Å²) in [5, 5.41) is 11.7. The van der Waals surface area contributed by atoms with Crippen LogP contribution in [0.4, 0.5) is 5.82 Å². The molecule has 1 aromatic rings. The van der Waals surface area contributed by atoms with E-state index in [-0.39, 0.29) is 0 Å². The monoisotopic (exact) mass is 222 g/mol. The highest BCUT2D eigenvalue weighted by Gasteiger charge is 2.02. The maximum atomic E-state index is 4.21. The van der Waals surface area contributed by atoms with Gasteiger partial charge in [0.15, 0.2) is 5.82 Å². The van der Waals surface area contributed by atoms with Gasteiger partial charge in [-0.2, -0.15) is 5.10 Å². The normalized spacial score (nSPS) is 10.8. The Balaban J connectivity index is 2.53. The summed E-state index contributed by atoms with van der Waals surface area (Å²) in [7, 11) is 2.04. The Labute approximate surface area is 98.1 Å². The molecule has 1 heterocycles. The molecule has 16 heavy (non-hydrogen) atoms. The molecule has 1 N–H and O–H groups in total. The molecule has 4 heteroatoms. The third-order valence-electron chi connectivity index (χ3n) is 2.35. The number of nitrogens with zero attached hydrogens (tertiary/aromatic N) is 3. The first-order valence-corrected chi connectivity index (χ1v) is 5.90. The van der Waals surface area contributed by atoms with Gasteiger partial charge in [-0.05, 0) is 18.6 Å². The zero-order valence-electron chi connectivity index (χ0n) is 10.7. The van der Waals surface area contributed by atoms with Gasteiger partial charge in [-0.3, -0.25) is 0 Å². The average Bonchev–Trinajstić information content (AvgIpc) is 2.27. The van der Waals surface area contributed by atoms with Gasteiger partial charge in [0.2, 0.25) is 0 Å². The molecule has 0 spiro atoms. The Morgan fingerprint density at radius 1 is 1.31 bits per heavy atom. The highest BCUT2D eigenvalue weighted by molar-refractivity contribution is 5.35. The third kappa shape index (κ3) is 4.14. The van der Waals surface area contributed by atoms with E-state index < -0.39 is 0 Å². The van der Waals surface area contributed by atoms with Crippen LogP contribution in [0.15, 0.2) is 12.1 Å². The van der Waals surface area contributed by atoms with Crippen LogP contribution in [0.5, 0.6) is 0 Å². The molecule has 0 radical (unpaired) electrons. The summed E-state index contributed by atoms with van der Waals surface area (Å²) in [5.74, 6) is 0.940. The molecule has 4 nitrogen and oxygen atoms in total. The van der Waals surface area contributed by atoms with Gasteiger partial charge in [-0.1, -0.05) is 20.8 Å². The first-order valence-electron chi connectivity index (χ1n) is 5.90. The number of nitrogens with one attached hydrogen (secondary N) is 1. The Morgan fingerprint density at radius 2 is 2.06 bits per heavy atom. The molecule has 90 valence electrons. The molecular formula is C12H22N4. The molecule has 0 aliphatic heterocycles. The Hall–Kier alpha value is -1.16. The van der Waals surface area contributed by atoms with E-state index in [4.69, 9.17) is 0 Å². The number of hydrogen-bond acceptors (Lipinski definition) is 4. The van der Waals surface area contributed by atoms with Crippen molar-refractivity contribution in [2.24, 2.45) is 0 Å². The topological polar surface area (TPSA) is 41.0 Å². The van der Waals surface area contributed by atoms with Crippen LogP contribution < -0.4 is 10.2 Å². The standard InChI is InChI=1S/C12H22N4/c1-5-8-16(4)12-7-6-11(14-15-12)9-13-10(2)3/h6-7,10,13H,5,8-9H2,1-4H3. The predicted molar refractivity (Wildman–Crippen MR) is 67.6 cm³/mol. The molecule has 0 saturated carbocycles. The van der Waals surface area contributed by atoms with E-state index in [1.807, 2.05) is 19.2 Å². The van der Waals surface area contributed by atoms with Gasteiger partial charge >= 0.3 is 0 Å². The second-order valence-corrected chi connectivity index (χ2v) is 4.34. The lowest BCUT2D eigenvalue weighted by molar-refractivity contribution is 0.577. The van der Waals surface area contributed by atoms with Crippen molar-refractivity contribution in [2.45, 2.75) is 39.8 Å². The van der Waals surface area contributed by atoms with Crippen LogP contribution in [0.25, 0.3) is 0 Å². The van der Waals surface area contributed by atoms with Gasteiger partial charge in [0.1, 0.15) is 0 Å². The molecule has 0 aliphatic rings. The van der Waals surface area contributed by atoms with Crippen LogP contribution in [0.2, 0.25) is 0 Å². The molecule has 1 rings (SSSR count). The molecule has 0 unspecified atom stereocenters. The lowest BCUT2D eigenvalue weighted by Gasteiger charge is -2.16. The Morgan fingerprint density at radius 3 is 2.56 bits per heavy atom. The van der Waals surface area contributed by atoms with Crippen LogP contribution in [0, 0.1) is 0 Å². The highest BCUT2D eigenvalue weighted by atomic mass is 15.2. The van der Waals surface area contributed by atoms with E-state index in [1.54, 1.807) is 0 Å². The number of anilines is 1. The van der Waals surface area contributed by atoms with Crippen molar-refractivity contribution in [1.29, 1.82) is 0 Å². The molecule has 1 aromatic heterocycles. The molecule has 0 fully saturated rings. The average molecular weight is 222 g/mol. The van der Waals surface area contributed by atoms with Crippen LogP contribution in [-0.2, 0) is 6.54 Å². The number of rotatable bonds is 6. The fraction of sp³-hybridized carbons (Fsp3) is 0.667. The van der Waals surface area contributed by atoms with E-state index >= 15 is 0 Å². The minimum absolute atomic E-state index is 0.476. The minimum atomic E-state index is 0.476. The van der Waals surface area contributed by atoms with E-state index in [0.717, 1.165) is 31.0 Å². The summed E-state index contributed by atoms with van der Waals surface area (Å²) in [6.07, 6.45) is 1.12. The Kier molecular flexibility index (Phi) is 5.19. The summed E-state index contributed by atoms with van der Waals surface area (Å²) in [6.45, 7) is 8.19. The lowest BCUT2D eigenvalue weighted by Crippen LogP contribution is -2.23. The van der Waals surface area contributed by atoms with Crippen molar-refractivity contribution in [3.05, 3.63) is 17.8 Å². The van der Waals surface area contributed by atoms with Crippen molar-refractivity contribution >= 4 is 5.82 Å². The fourth-order valence-electron chi connectivity index (χ4n) is 1.41. The third-order valence-corrected chi connectivity index (χ3v) is 2.35. The van der Waals surface area contributed by atoms with Gasteiger partial charge in [-0.15, -0.1) is 5.10 Å². The zero-order valence-corrected chi connectivity index (χ0v) is 10.7. The van der Waals surface area contributed by atoms with Crippen molar-refractivity contribution in [1.82, 2.24) is 15.5 Å². The predicted octanol–water partition coefficient (Wildman–Crippen LogP) is 1.82. The summed E-state index contributed by atoms with van der Waals surface area (Å²) >= 11 is 0. The molecule has 0 amide bonds. The number of hydrogen-bond donors (Lipinski definition) is 1. The molecule has 0 bridgehead atoms. The van der Waals surface area contributed by atoms with Crippen molar-refractivity contribution in [3.8, 4) is 0 Å². The lowest BCUT2D eigenvalue weighted by atomic mass is 10.3. The molecule has 0 aromatic carbocycles. The van der Waals surface area contributed by atoms with E-state index in [9.17, 15) is 0 Å². The Bertz CT molecular complexity index is 294. The van der Waals surface area contributed by atoms with Crippen LogP contribution in [0.3, 0.4) is 0 Å². The summed E-state index contributed by atoms with van der Waals surface area (Å²) in [5.41, 5.74) is 0.988. The highest BCUT2D eigenvalue weighted by Crippen LogP contribution is 2.07. The van der Waals surface area contributed by atoms with E-state index in [2.05, 4.69) is 41.2 Å². The smallest absolute Gasteiger partial charge is 0.150 e. The van der Waals surface area contributed by atoms with E-state index in [1.165, 1.54) is 0 Å². The second kappa shape index (κ2) is 6.43. The van der Waals surface area contributed by atoms with Crippen LogP contribution >= 0.6 is 0 Å². The number of aromatic nitrogens is 2. The van der Waals surface area contributed by atoms with Crippen LogP contribution in [0.1, 0.15) is 32.9 Å². The maximum Gasteiger partial charge on any atom is 0.150 e. The van der Waals surface area contributed by atoms with Crippen molar-refractivity contribution in [3.63, 3.8) is 0 Å². The van der Waals surface area contributed by atoms with Gasteiger partial charge in [0, 0.05) is 26.2 Å². The molecule has 0 atom stereocenters.